The highest BCUT2D eigenvalue weighted by molar-refractivity contribution is 5.96. The van der Waals surface area contributed by atoms with E-state index in [0.29, 0.717) is 0 Å². The van der Waals surface area contributed by atoms with Crippen molar-refractivity contribution in [3.05, 3.63) is 236 Å². The van der Waals surface area contributed by atoms with Gasteiger partial charge in [0.2, 0.25) is 0 Å². The Hall–Kier alpha value is -7.42. The van der Waals surface area contributed by atoms with Crippen LogP contribution in [0.5, 0.6) is 0 Å². The number of fused-ring (bicyclic) bond motifs is 1. The van der Waals surface area contributed by atoms with Crippen molar-refractivity contribution in [1.29, 1.82) is 0 Å². The Balaban J connectivity index is 1.13. The number of benzene rings is 8. The molecule has 0 spiro atoms. The first-order chi connectivity index (χ1) is 28.1. The molecule has 0 saturated carbocycles. The van der Waals surface area contributed by atoms with E-state index in [4.69, 9.17) is 4.42 Å². The van der Waals surface area contributed by atoms with Crippen molar-refractivity contribution < 1.29 is 4.42 Å². The van der Waals surface area contributed by atoms with Gasteiger partial charge in [-0.1, -0.05) is 176 Å². The fourth-order valence-electron chi connectivity index (χ4n) is 7.64. The Morgan fingerprint density at radius 2 is 0.930 bits per heavy atom. The SMILES string of the molecule is C=C(/C=C\c1c(C)oc2cc(-c3ccc(N(c4ccc(-c5ccccc5)cc4)c4ccc(-c5ccccc5)cc4)cc3-c3ccccc3)ccc12)c1ccccc1. The summed E-state index contributed by atoms with van der Waals surface area (Å²) < 4.78 is 6.42. The van der Waals surface area contributed by atoms with Crippen LogP contribution >= 0.6 is 0 Å². The number of nitrogens with zero attached hydrogens (tertiary/aromatic N) is 1. The molecule has 0 unspecified atom stereocenters. The zero-order chi connectivity index (χ0) is 38.6. The molecule has 1 aromatic heterocycles. The summed E-state index contributed by atoms with van der Waals surface area (Å²) in [5.41, 5.74) is 16.5. The monoisotopic (exact) mass is 731 g/mol. The van der Waals surface area contributed by atoms with Crippen LogP contribution in [0.1, 0.15) is 16.9 Å². The Kier molecular flexibility index (Phi) is 9.75. The van der Waals surface area contributed by atoms with Gasteiger partial charge in [0.15, 0.2) is 0 Å². The predicted molar refractivity (Wildman–Crippen MR) is 242 cm³/mol. The van der Waals surface area contributed by atoms with Gasteiger partial charge in [-0.05, 0) is 111 Å². The molecule has 0 atom stereocenters. The van der Waals surface area contributed by atoms with Crippen LogP contribution in [-0.2, 0) is 0 Å². The molecule has 0 amide bonds. The van der Waals surface area contributed by atoms with Gasteiger partial charge < -0.3 is 9.32 Å². The second-order valence-corrected chi connectivity index (χ2v) is 14.3. The molecule has 2 heteroatoms. The highest BCUT2D eigenvalue weighted by atomic mass is 16.3. The molecule has 0 saturated heterocycles. The van der Waals surface area contributed by atoms with Crippen molar-refractivity contribution >= 4 is 39.7 Å². The van der Waals surface area contributed by atoms with Gasteiger partial charge in [0.05, 0.1) is 0 Å². The quantitative estimate of drug-likeness (QED) is 0.130. The summed E-state index contributed by atoms with van der Waals surface area (Å²) in [5, 5.41) is 1.08. The zero-order valence-corrected chi connectivity index (χ0v) is 31.8. The van der Waals surface area contributed by atoms with Crippen LogP contribution in [-0.4, -0.2) is 0 Å². The lowest BCUT2D eigenvalue weighted by atomic mass is 9.93. The summed E-state index contributed by atoms with van der Waals surface area (Å²) in [4.78, 5) is 2.35. The van der Waals surface area contributed by atoms with E-state index in [2.05, 4.69) is 212 Å². The lowest BCUT2D eigenvalue weighted by Gasteiger charge is -2.27. The molecule has 9 rings (SSSR count). The molecule has 272 valence electrons. The van der Waals surface area contributed by atoms with E-state index in [-0.39, 0.29) is 0 Å². The fraction of sp³-hybridized carbons (Fsp3) is 0.0182. The second-order valence-electron chi connectivity index (χ2n) is 14.3. The third-order valence-electron chi connectivity index (χ3n) is 10.6. The van der Waals surface area contributed by atoms with E-state index in [1.807, 2.05) is 25.1 Å². The van der Waals surface area contributed by atoms with Gasteiger partial charge in [0.25, 0.3) is 0 Å². The summed E-state index contributed by atoms with van der Waals surface area (Å²) in [5.74, 6) is 0.880. The molecular formula is C55H41NO. The summed E-state index contributed by atoms with van der Waals surface area (Å²) >= 11 is 0. The average molecular weight is 732 g/mol. The molecule has 57 heavy (non-hydrogen) atoms. The summed E-state index contributed by atoms with van der Waals surface area (Å²) in [7, 11) is 0. The van der Waals surface area contributed by atoms with Gasteiger partial charge in [-0.15, -0.1) is 0 Å². The van der Waals surface area contributed by atoms with Crippen LogP contribution < -0.4 is 4.90 Å². The number of hydrogen-bond donors (Lipinski definition) is 0. The van der Waals surface area contributed by atoms with E-state index >= 15 is 0 Å². The smallest absolute Gasteiger partial charge is 0.135 e. The fourth-order valence-corrected chi connectivity index (χ4v) is 7.64. The standard InChI is InChI=1S/C55H41NO/c1-39(41-15-7-3-8-16-41)23-34-51-40(2)57-55-37-47(28-35-53(51)55)52-36-33-50(38-54(52)46-21-13-6-14-22-46)56(48-29-24-44(25-30-48)42-17-9-4-10-18-42)49-31-26-45(27-32-49)43-19-11-5-12-20-43/h3-38H,1H2,2H3/b34-23-. The highest BCUT2D eigenvalue weighted by Gasteiger charge is 2.18. The molecule has 0 aliphatic rings. The number of allylic oxidation sites excluding steroid dienone is 2. The summed E-state index contributed by atoms with van der Waals surface area (Å²) in [6, 6.07) is 73.1. The first-order valence-electron chi connectivity index (χ1n) is 19.4. The number of aryl methyl sites for hydroxylation is 1. The Morgan fingerprint density at radius 3 is 1.49 bits per heavy atom. The number of rotatable bonds is 10. The molecule has 2 nitrogen and oxygen atoms in total. The average Bonchev–Trinajstić information content (AvgIpc) is 3.60. The van der Waals surface area contributed by atoms with Crippen LogP contribution in [0, 0.1) is 6.92 Å². The molecule has 0 aliphatic heterocycles. The van der Waals surface area contributed by atoms with Crippen molar-refractivity contribution in [2.24, 2.45) is 0 Å². The summed E-state index contributed by atoms with van der Waals surface area (Å²) in [6.45, 7) is 6.33. The molecule has 1 heterocycles. The lowest BCUT2D eigenvalue weighted by Crippen LogP contribution is -2.10. The van der Waals surface area contributed by atoms with E-state index < -0.39 is 0 Å². The van der Waals surface area contributed by atoms with Crippen LogP contribution in [0.2, 0.25) is 0 Å². The maximum absolute atomic E-state index is 6.42. The molecule has 0 aliphatic carbocycles. The minimum absolute atomic E-state index is 0.858. The minimum Gasteiger partial charge on any atom is -0.461 e. The second kappa shape index (κ2) is 15.7. The van der Waals surface area contributed by atoms with Gasteiger partial charge in [0, 0.05) is 28.0 Å². The van der Waals surface area contributed by atoms with Gasteiger partial charge in [0.1, 0.15) is 11.3 Å². The maximum atomic E-state index is 6.42. The lowest BCUT2D eigenvalue weighted by molar-refractivity contribution is 0.577. The Bertz CT molecular complexity index is 2730. The van der Waals surface area contributed by atoms with Crippen molar-refractivity contribution in [3.63, 3.8) is 0 Å². The van der Waals surface area contributed by atoms with E-state index in [0.717, 1.165) is 72.7 Å². The highest BCUT2D eigenvalue weighted by Crippen LogP contribution is 2.42. The number of anilines is 3. The van der Waals surface area contributed by atoms with Crippen LogP contribution in [0.15, 0.2) is 223 Å². The summed E-state index contributed by atoms with van der Waals surface area (Å²) in [6.07, 6.45) is 4.19. The molecule has 8 aromatic carbocycles. The van der Waals surface area contributed by atoms with E-state index in [9.17, 15) is 0 Å². The maximum Gasteiger partial charge on any atom is 0.135 e. The Morgan fingerprint density at radius 1 is 0.456 bits per heavy atom. The number of furan rings is 1. The Labute approximate surface area is 335 Å². The van der Waals surface area contributed by atoms with Crippen LogP contribution in [0.25, 0.3) is 67.1 Å². The normalized spacial score (nSPS) is 11.2. The topological polar surface area (TPSA) is 16.4 Å². The van der Waals surface area contributed by atoms with Crippen molar-refractivity contribution in [2.45, 2.75) is 6.92 Å². The predicted octanol–water partition coefficient (Wildman–Crippen LogP) is 15.6. The molecule has 0 fully saturated rings. The van der Waals surface area contributed by atoms with E-state index in [1.165, 1.54) is 22.3 Å². The third kappa shape index (κ3) is 7.37. The van der Waals surface area contributed by atoms with Gasteiger partial charge in [-0.2, -0.15) is 0 Å². The molecule has 0 bridgehead atoms. The largest absolute Gasteiger partial charge is 0.461 e. The first-order valence-corrected chi connectivity index (χ1v) is 19.4. The van der Waals surface area contributed by atoms with Crippen LogP contribution in [0.3, 0.4) is 0 Å². The molecule has 0 radical (unpaired) electrons. The van der Waals surface area contributed by atoms with Gasteiger partial charge in [-0.3, -0.25) is 0 Å². The van der Waals surface area contributed by atoms with Gasteiger partial charge in [-0.25, -0.2) is 0 Å². The van der Waals surface area contributed by atoms with Gasteiger partial charge >= 0.3 is 0 Å². The first kappa shape index (κ1) is 35.3. The third-order valence-corrected chi connectivity index (χ3v) is 10.6. The van der Waals surface area contributed by atoms with Crippen molar-refractivity contribution in [2.75, 3.05) is 4.90 Å². The van der Waals surface area contributed by atoms with E-state index in [1.54, 1.807) is 0 Å². The van der Waals surface area contributed by atoms with Crippen LogP contribution in [0.4, 0.5) is 17.1 Å². The molecule has 9 aromatic rings. The molecular weight excluding hydrogens is 691 g/mol. The minimum atomic E-state index is 0.858. The van der Waals surface area contributed by atoms with Crippen molar-refractivity contribution in [3.8, 4) is 44.5 Å². The zero-order valence-electron chi connectivity index (χ0n) is 31.8. The van der Waals surface area contributed by atoms with Crippen molar-refractivity contribution in [1.82, 2.24) is 0 Å². The number of hydrogen-bond acceptors (Lipinski definition) is 2. The molecule has 0 N–H and O–H groups in total.